The van der Waals surface area contributed by atoms with E-state index in [2.05, 4.69) is 15.3 Å². The van der Waals surface area contributed by atoms with Crippen LogP contribution in [0.5, 0.6) is 0 Å². The maximum absolute atomic E-state index is 15.0. The molecule has 3 aliphatic rings. The summed E-state index contributed by atoms with van der Waals surface area (Å²) < 4.78 is 82.5. The summed E-state index contributed by atoms with van der Waals surface area (Å²) in [6, 6.07) is 8.87. The van der Waals surface area contributed by atoms with Crippen LogP contribution in [-0.4, -0.2) is 58.5 Å². The number of hydrogen-bond donors (Lipinski definition) is 1. The van der Waals surface area contributed by atoms with Crippen molar-refractivity contribution in [3.8, 4) is 17.2 Å². The number of aromatic nitrogens is 2. The minimum absolute atomic E-state index is 0.0343. The highest BCUT2D eigenvalue weighted by molar-refractivity contribution is 7.92. The Morgan fingerprint density at radius 3 is 2.41 bits per heavy atom. The molecule has 15 heteroatoms. The van der Waals surface area contributed by atoms with E-state index in [-0.39, 0.29) is 35.2 Å². The van der Waals surface area contributed by atoms with Crippen molar-refractivity contribution in [2.24, 2.45) is 0 Å². The van der Waals surface area contributed by atoms with Gasteiger partial charge in [-0.1, -0.05) is 23.7 Å². The summed E-state index contributed by atoms with van der Waals surface area (Å²) in [7, 11) is -4.27. The highest BCUT2D eigenvalue weighted by Crippen LogP contribution is 2.51. The molecule has 1 saturated heterocycles. The number of rotatable bonds is 7. The third kappa shape index (κ3) is 5.49. The van der Waals surface area contributed by atoms with E-state index in [0.717, 1.165) is 10.5 Å². The monoisotopic (exact) mass is 675 g/mol. The fraction of sp³-hybridized carbons (Fsp3) is 0.387. The first-order chi connectivity index (χ1) is 21.6. The van der Waals surface area contributed by atoms with Crippen LogP contribution < -0.4 is 5.32 Å². The molecule has 9 nitrogen and oxygen atoms in total. The predicted octanol–water partition coefficient (Wildman–Crippen LogP) is 4.91. The molecule has 0 bridgehead atoms. The number of pyridine rings is 2. The fourth-order valence-corrected chi connectivity index (χ4v) is 8.21. The Hall–Kier alpha value is -4.09. The van der Waals surface area contributed by atoms with E-state index in [1.165, 1.54) is 12.1 Å². The van der Waals surface area contributed by atoms with E-state index in [4.69, 9.17) is 11.6 Å². The Kier molecular flexibility index (Phi) is 7.63. The number of nitrogens with zero attached hydrogens (tertiary/aromatic N) is 4. The molecule has 1 aromatic carbocycles. The van der Waals surface area contributed by atoms with Crippen LogP contribution in [0.4, 0.5) is 17.6 Å². The third-order valence-electron chi connectivity index (χ3n) is 8.93. The first kappa shape index (κ1) is 31.9. The van der Waals surface area contributed by atoms with Crippen LogP contribution in [0.3, 0.4) is 0 Å². The summed E-state index contributed by atoms with van der Waals surface area (Å²) in [4.78, 5) is 36.3. The second-order valence-corrected chi connectivity index (χ2v) is 14.6. The standard InChI is InChI=1S/C31H26ClF4N5O4S/c1-17-21(3-2-10-38-17)18-4-5-25(22(32)11-18)46(44,45)20-13-24(27(42)40-29(16-37)6-7-29)41(15-20)28(43)30(8-9-30)26-23(33)12-19(14-39-26)31(34,35)36/h2-5,10-12,14,20,24H,6-9,13,15H2,1H3,(H,40,42). The van der Waals surface area contributed by atoms with Crippen molar-refractivity contribution in [2.45, 2.75) is 72.3 Å². The van der Waals surface area contributed by atoms with Crippen molar-refractivity contribution in [3.63, 3.8) is 0 Å². The maximum atomic E-state index is 15.0. The van der Waals surface area contributed by atoms with E-state index in [1.54, 1.807) is 25.3 Å². The summed E-state index contributed by atoms with van der Waals surface area (Å²) >= 11 is 6.51. The summed E-state index contributed by atoms with van der Waals surface area (Å²) in [6.07, 6.45) is -2.33. The van der Waals surface area contributed by atoms with Crippen LogP contribution >= 0.6 is 11.6 Å². The van der Waals surface area contributed by atoms with Crippen LogP contribution in [0, 0.1) is 24.1 Å². The Bertz CT molecular complexity index is 1920. The third-order valence-corrected chi connectivity index (χ3v) is 11.5. The molecule has 2 atom stereocenters. The molecule has 46 heavy (non-hydrogen) atoms. The molecule has 2 aliphatic carbocycles. The van der Waals surface area contributed by atoms with Gasteiger partial charge in [0, 0.05) is 30.2 Å². The van der Waals surface area contributed by atoms with Crippen LogP contribution in [0.1, 0.15) is 49.1 Å². The number of amides is 2. The number of sulfone groups is 1. The molecule has 6 rings (SSSR count). The topological polar surface area (TPSA) is 133 Å². The van der Waals surface area contributed by atoms with Gasteiger partial charge in [0.05, 0.1) is 37.9 Å². The average Bonchev–Trinajstić information content (AvgIpc) is 3.92. The lowest BCUT2D eigenvalue weighted by molar-refractivity contribution is -0.140. The molecule has 3 heterocycles. The van der Waals surface area contributed by atoms with Gasteiger partial charge in [0.2, 0.25) is 11.8 Å². The lowest BCUT2D eigenvalue weighted by Gasteiger charge is -2.29. The largest absolute Gasteiger partial charge is 0.417 e. The minimum atomic E-state index is -4.86. The van der Waals surface area contributed by atoms with Crippen LogP contribution in [0.15, 0.2) is 53.7 Å². The lowest BCUT2D eigenvalue weighted by atomic mass is 9.97. The van der Waals surface area contributed by atoms with Gasteiger partial charge >= 0.3 is 6.18 Å². The number of nitriles is 1. The van der Waals surface area contributed by atoms with Crippen LogP contribution in [-0.2, 0) is 31.0 Å². The van der Waals surface area contributed by atoms with E-state index in [0.29, 0.717) is 30.3 Å². The van der Waals surface area contributed by atoms with Gasteiger partial charge < -0.3 is 10.2 Å². The SMILES string of the molecule is Cc1ncccc1-c1ccc(S(=O)(=O)C2CC(C(=O)NC3(C#N)CC3)N(C(=O)C3(c4ncc(C(F)(F)F)cc4F)CC3)C2)c(Cl)c1. The molecule has 3 aromatic rings. The first-order valence-electron chi connectivity index (χ1n) is 14.3. The Labute approximate surface area is 266 Å². The van der Waals surface area contributed by atoms with Gasteiger partial charge in [-0.25, -0.2) is 12.8 Å². The number of alkyl halides is 3. The number of benzene rings is 1. The normalized spacial score (nSPS) is 21.4. The smallest absolute Gasteiger partial charge is 0.336 e. The number of hydrogen-bond acceptors (Lipinski definition) is 7. The van der Waals surface area contributed by atoms with Gasteiger partial charge in [-0.15, -0.1) is 0 Å². The average molecular weight is 676 g/mol. The molecule has 0 radical (unpaired) electrons. The summed E-state index contributed by atoms with van der Waals surface area (Å²) in [5, 5.41) is 10.7. The highest BCUT2D eigenvalue weighted by atomic mass is 35.5. The van der Waals surface area contributed by atoms with Gasteiger partial charge in [0.15, 0.2) is 9.84 Å². The number of nitrogens with one attached hydrogen (secondary N) is 1. The number of aryl methyl sites for hydroxylation is 1. The second-order valence-electron chi connectivity index (χ2n) is 12.0. The van der Waals surface area contributed by atoms with Gasteiger partial charge in [0.25, 0.3) is 0 Å². The quantitative estimate of drug-likeness (QED) is 0.352. The maximum Gasteiger partial charge on any atom is 0.417 e. The molecular weight excluding hydrogens is 650 g/mol. The number of carbonyl (C=O) groups excluding carboxylic acids is 2. The van der Waals surface area contributed by atoms with Gasteiger partial charge in [0.1, 0.15) is 17.4 Å². The van der Waals surface area contributed by atoms with Crippen molar-refractivity contribution >= 4 is 33.3 Å². The van der Waals surface area contributed by atoms with Crippen molar-refractivity contribution in [1.82, 2.24) is 20.2 Å². The zero-order valence-corrected chi connectivity index (χ0v) is 25.8. The van der Waals surface area contributed by atoms with Gasteiger partial charge in [-0.3, -0.25) is 19.6 Å². The van der Waals surface area contributed by atoms with Crippen molar-refractivity contribution in [3.05, 3.63) is 76.6 Å². The van der Waals surface area contributed by atoms with Crippen molar-refractivity contribution in [2.75, 3.05) is 6.54 Å². The van der Waals surface area contributed by atoms with Gasteiger partial charge in [-0.2, -0.15) is 18.4 Å². The van der Waals surface area contributed by atoms with E-state index in [9.17, 15) is 36.4 Å². The fourth-order valence-electron chi connectivity index (χ4n) is 5.97. The zero-order valence-electron chi connectivity index (χ0n) is 24.2. The Morgan fingerprint density at radius 1 is 1.13 bits per heavy atom. The molecule has 3 fully saturated rings. The molecule has 240 valence electrons. The molecule has 2 unspecified atom stereocenters. The summed E-state index contributed by atoms with van der Waals surface area (Å²) in [6.45, 7) is 1.32. The first-order valence-corrected chi connectivity index (χ1v) is 16.3. The molecule has 1 aliphatic heterocycles. The molecule has 1 N–H and O–H groups in total. The Morgan fingerprint density at radius 2 is 1.85 bits per heavy atom. The number of halogens is 5. The second kappa shape index (κ2) is 11.0. The van der Waals surface area contributed by atoms with Crippen LogP contribution in [0.25, 0.3) is 11.1 Å². The Balaban J connectivity index is 1.33. The van der Waals surface area contributed by atoms with Gasteiger partial charge in [-0.05, 0) is 68.9 Å². The van der Waals surface area contributed by atoms with E-state index in [1.807, 2.05) is 12.1 Å². The number of carbonyl (C=O) groups is 2. The van der Waals surface area contributed by atoms with E-state index >= 15 is 4.39 Å². The van der Waals surface area contributed by atoms with Crippen LogP contribution in [0.2, 0.25) is 5.02 Å². The zero-order chi connectivity index (χ0) is 33.2. The lowest BCUT2D eigenvalue weighted by Crippen LogP contribution is -2.52. The number of likely N-dealkylation sites (tertiary alicyclic amines) is 1. The van der Waals surface area contributed by atoms with E-state index < -0.39 is 73.7 Å². The predicted molar refractivity (Wildman–Crippen MR) is 156 cm³/mol. The summed E-state index contributed by atoms with van der Waals surface area (Å²) in [5.41, 5.74) is -2.56. The van der Waals surface area contributed by atoms with Crippen molar-refractivity contribution < 1.29 is 35.6 Å². The molecular formula is C31H26ClF4N5O4S. The molecule has 2 amide bonds. The van der Waals surface area contributed by atoms with Crippen molar-refractivity contribution in [1.29, 1.82) is 5.26 Å². The molecule has 2 aromatic heterocycles. The minimum Gasteiger partial charge on any atom is -0.336 e. The molecule has 0 spiro atoms. The summed E-state index contributed by atoms with van der Waals surface area (Å²) in [5.74, 6) is -2.91. The highest BCUT2D eigenvalue weighted by Gasteiger charge is 2.60. The molecule has 2 saturated carbocycles.